The Bertz CT molecular complexity index is 1240. The number of likely N-dealkylation sites (N-methyl/N-ethyl adjacent to an activating group) is 1. The molecule has 1 fully saturated rings. The Morgan fingerprint density at radius 2 is 1.88 bits per heavy atom. The van der Waals surface area contributed by atoms with Gasteiger partial charge >= 0.3 is 0 Å². The number of nitrogens with one attached hydrogen (secondary N) is 1. The number of nitrogens with zero attached hydrogens (tertiary/aromatic N) is 5. The van der Waals surface area contributed by atoms with Gasteiger partial charge in [-0.25, -0.2) is 9.97 Å². The third-order valence-electron chi connectivity index (χ3n) is 5.62. The van der Waals surface area contributed by atoms with Crippen LogP contribution >= 0.6 is 11.6 Å². The molecule has 0 spiro atoms. The van der Waals surface area contributed by atoms with Gasteiger partial charge in [0.2, 0.25) is 0 Å². The molecule has 9 heteroatoms. The van der Waals surface area contributed by atoms with Crippen molar-refractivity contribution in [1.82, 2.24) is 24.8 Å². The lowest BCUT2D eigenvalue weighted by molar-refractivity contribution is 0.148. The standard InChI is InChI=1S/C23H23ClN6O2/c1-29-6-8-30(9-7-29)14-15-11-26-23(27-12-15)22-21(17-4-5-25-13-20(17)32-22)28-16-2-3-18(24)19(31)10-16/h2-5,10-13,28,31H,6-9,14H2,1H3. The number of aromatic nitrogens is 3. The van der Waals surface area contributed by atoms with E-state index >= 15 is 0 Å². The summed E-state index contributed by atoms with van der Waals surface area (Å²) in [5.41, 5.74) is 3.05. The van der Waals surface area contributed by atoms with Crippen molar-refractivity contribution in [3.05, 3.63) is 59.6 Å². The van der Waals surface area contributed by atoms with Crippen LogP contribution in [0.1, 0.15) is 5.56 Å². The molecular formula is C23H23ClN6O2. The smallest absolute Gasteiger partial charge is 0.197 e. The van der Waals surface area contributed by atoms with Gasteiger partial charge in [0.25, 0.3) is 0 Å². The van der Waals surface area contributed by atoms with E-state index in [1.54, 1.807) is 30.6 Å². The second-order valence-electron chi connectivity index (χ2n) is 7.96. The number of rotatable bonds is 5. The lowest BCUT2D eigenvalue weighted by Gasteiger charge is -2.32. The Morgan fingerprint density at radius 3 is 2.62 bits per heavy atom. The van der Waals surface area contributed by atoms with E-state index in [2.05, 4.69) is 37.1 Å². The summed E-state index contributed by atoms with van der Waals surface area (Å²) in [5, 5.41) is 14.4. The highest BCUT2D eigenvalue weighted by Crippen LogP contribution is 2.39. The summed E-state index contributed by atoms with van der Waals surface area (Å²) in [7, 11) is 2.15. The summed E-state index contributed by atoms with van der Waals surface area (Å²) in [6, 6.07) is 6.84. The zero-order chi connectivity index (χ0) is 22.1. The van der Waals surface area contributed by atoms with Gasteiger partial charge in [-0.2, -0.15) is 0 Å². The molecule has 0 atom stereocenters. The third kappa shape index (κ3) is 4.25. The van der Waals surface area contributed by atoms with E-state index in [9.17, 15) is 5.11 Å². The van der Waals surface area contributed by atoms with E-state index in [0.29, 0.717) is 28.5 Å². The SMILES string of the molecule is CN1CCN(Cc2cnc(-c3oc4cnccc4c3Nc3ccc(Cl)c(O)c3)nc2)CC1. The van der Waals surface area contributed by atoms with Gasteiger partial charge in [0, 0.05) is 74.0 Å². The Balaban J connectivity index is 1.44. The van der Waals surface area contributed by atoms with Gasteiger partial charge in [-0.15, -0.1) is 0 Å². The molecular weight excluding hydrogens is 428 g/mol. The van der Waals surface area contributed by atoms with Gasteiger partial charge in [0.05, 0.1) is 16.9 Å². The summed E-state index contributed by atoms with van der Waals surface area (Å²) < 4.78 is 6.06. The first-order chi connectivity index (χ1) is 15.6. The monoisotopic (exact) mass is 450 g/mol. The minimum atomic E-state index is -0.00260. The highest BCUT2D eigenvalue weighted by molar-refractivity contribution is 6.32. The van der Waals surface area contributed by atoms with Gasteiger partial charge in [0.15, 0.2) is 17.2 Å². The number of hydrogen-bond acceptors (Lipinski definition) is 8. The van der Waals surface area contributed by atoms with Crippen molar-refractivity contribution in [3.63, 3.8) is 0 Å². The molecule has 0 radical (unpaired) electrons. The number of hydrogen-bond donors (Lipinski definition) is 2. The molecule has 0 aliphatic carbocycles. The summed E-state index contributed by atoms with van der Waals surface area (Å²) >= 11 is 5.95. The fourth-order valence-corrected chi connectivity index (χ4v) is 3.90. The third-order valence-corrected chi connectivity index (χ3v) is 5.94. The van der Waals surface area contributed by atoms with Gasteiger partial charge in [0.1, 0.15) is 5.75 Å². The summed E-state index contributed by atoms with van der Waals surface area (Å²) in [5.74, 6) is 0.981. The van der Waals surface area contributed by atoms with Crippen LogP contribution in [0.25, 0.3) is 22.6 Å². The minimum Gasteiger partial charge on any atom is -0.506 e. The topological polar surface area (TPSA) is 90.6 Å². The molecule has 0 bridgehead atoms. The number of aromatic hydroxyl groups is 1. The second-order valence-corrected chi connectivity index (χ2v) is 8.37. The normalized spacial score (nSPS) is 15.3. The molecule has 8 nitrogen and oxygen atoms in total. The summed E-state index contributed by atoms with van der Waals surface area (Å²) in [6.45, 7) is 5.05. The van der Waals surface area contributed by atoms with E-state index in [-0.39, 0.29) is 10.8 Å². The van der Waals surface area contributed by atoms with Crippen LogP contribution < -0.4 is 5.32 Å². The summed E-state index contributed by atoms with van der Waals surface area (Å²) in [6.07, 6.45) is 7.06. The highest BCUT2D eigenvalue weighted by atomic mass is 35.5. The first-order valence-electron chi connectivity index (χ1n) is 10.4. The fraction of sp³-hybridized carbons (Fsp3) is 0.261. The molecule has 4 aromatic rings. The summed E-state index contributed by atoms with van der Waals surface area (Å²) in [4.78, 5) is 18.1. The van der Waals surface area contributed by atoms with E-state index in [0.717, 1.165) is 43.7 Å². The maximum absolute atomic E-state index is 9.97. The molecule has 0 amide bonds. The van der Waals surface area contributed by atoms with Crippen LogP contribution in [0.3, 0.4) is 0 Å². The average Bonchev–Trinajstić information content (AvgIpc) is 3.17. The number of phenolic OH excluding ortho intramolecular Hbond substituents is 1. The number of fused-ring (bicyclic) bond motifs is 1. The van der Waals surface area contributed by atoms with Crippen molar-refractivity contribution in [3.8, 4) is 17.3 Å². The van der Waals surface area contributed by atoms with Crippen molar-refractivity contribution >= 4 is 33.9 Å². The van der Waals surface area contributed by atoms with Crippen LogP contribution in [0, 0.1) is 0 Å². The molecule has 5 rings (SSSR count). The lowest BCUT2D eigenvalue weighted by atomic mass is 10.2. The molecule has 164 valence electrons. The van der Waals surface area contributed by atoms with E-state index < -0.39 is 0 Å². The van der Waals surface area contributed by atoms with Crippen LogP contribution in [-0.4, -0.2) is 63.1 Å². The molecule has 1 aliphatic rings. The molecule has 3 aromatic heterocycles. The second kappa shape index (κ2) is 8.74. The Morgan fingerprint density at radius 1 is 1.09 bits per heavy atom. The largest absolute Gasteiger partial charge is 0.506 e. The number of phenols is 1. The minimum absolute atomic E-state index is 0.00260. The lowest BCUT2D eigenvalue weighted by Crippen LogP contribution is -2.43. The van der Waals surface area contributed by atoms with Gasteiger partial charge < -0.3 is 19.7 Å². The van der Waals surface area contributed by atoms with Gasteiger partial charge in [-0.1, -0.05) is 11.6 Å². The Kier molecular flexibility index (Phi) is 5.65. The molecule has 2 N–H and O–H groups in total. The number of piperazine rings is 1. The number of furan rings is 1. The quantitative estimate of drug-likeness (QED) is 0.469. The maximum Gasteiger partial charge on any atom is 0.197 e. The first-order valence-corrected chi connectivity index (χ1v) is 10.8. The van der Waals surface area contributed by atoms with Crippen molar-refractivity contribution in [2.45, 2.75) is 6.54 Å². The number of pyridine rings is 1. The van der Waals surface area contributed by atoms with Gasteiger partial charge in [-0.3, -0.25) is 9.88 Å². The zero-order valence-corrected chi connectivity index (χ0v) is 18.4. The van der Waals surface area contributed by atoms with E-state index in [1.165, 1.54) is 0 Å². The number of anilines is 2. The van der Waals surface area contributed by atoms with Crippen molar-refractivity contribution in [1.29, 1.82) is 0 Å². The van der Waals surface area contributed by atoms with E-state index in [4.69, 9.17) is 16.0 Å². The van der Waals surface area contributed by atoms with Crippen molar-refractivity contribution in [2.24, 2.45) is 0 Å². The fourth-order valence-electron chi connectivity index (χ4n) is 3.79. The van der Waals surface area contributed by atoms with Crippen LogP contribution in [0.2, 0.25) is 5.02 Å². The predicted octanol–water partition coefficient (Wildman–Crippen LogP) is 4.13. The number of benzene rings is 1. The van der Waals surface area contributed by atoms with Crippen molar-refractivity contribution in [2.75, 3.05) is 38.5 Å². The molecule has 0 unspecified atom stereocenters. The molecule has 4 heterocycles. The van der Waals surface area contributed by atoms with E-state index in [1.807, 2.05) is 18.5 Å². The average molecular weight is 451 g/mol. The Hall–Kier alpha value is -3.20. The van der Waals surface area contributed by atoms with Crippen LogP contribution in [0.4, 0.5) is 11.4 Å². The number of halogens is 1. The molecule has 1 aliphatic heterocycles. The predicted molar refractivity (Wildman–Crippen MR) is 124 cm³/mol. The maximum atomic E-state index is 9.97. The van der Waals surface area contributed by atoms with Crippen LogP contribution in [0.5, 0.6) is 5.75 Å². The molecule has 0 saturated carbocycles. The van der Waals surface area contributed by atoms with Crippen LogP contribution in [-0.2, 0) is 6.54 Å². The highest BCUT2D eigenvalue weighted by Gasteiger charge is 2.20. The Labute approximate surface area is 190 Å². The van der Waals surface area contributed by atoms with Crippen molar-refractivity contribution < 1.29 is 9.52 Å². The molecule has 1 saturated heterocycles. The van der Waals surface area contributed by atoms with Gasteiger partial charge in [-0.05, 0) is 25.2 Å². The van der Waals surface area contributed by atoms with Crippen LogP contribution in [0.15, 0.2) is 53.5 Å². The molecule has 32 heavy (non-hydrogen) atoms. The molecule has 1 aromatic carbocycles. The zero-order valence-electron chi connectivity index (χ0n) is 17.6. The first kappa shape index (κ1) is 20.7.